The maximum absolute atomic E-state index is 13.2. The molecule has 0 saturated carbocycles. The molecule has 2 aromatic carbocycles. The van der Waals surface area contributed by atoms with Gasteiger partial charge in [0.1, 0.15) is 11.6 Å². The first-order valence-electron chi connectivity index (χ1n) is 10.5. The predicted octanol–water partition coefficient (Wildman–Crippen LogP) is 3.08. The van der Waals surface area contributed by atoms with Crippen LogP contribution in [0, 0.1) is 0 Å². The molecule has 12 heteroatoms. The normalized spacial score (nSPS) is 11.8. The number of fused-ring (bicyclic) bond motifs is 1. The number of aryl methyl sites for hydroxylation is 1. The van der Waals surface area contributed by atoms with E-state index in [-0.39, 0.29) is 36.4 Å². The van der Waals surface area contributed by atoms with Crippen LogP contribution in [-0.2, 0) is 26.6 Å². The van der Waals surface area contributed by atoms with Gasteiger partial charge in [0.25, 0.3) is 5.56 Å². The summed E-state index contributed by atoms with van der Waals surface area (Å²) in [6.45, 7) is -0.418. The molecule has 0 aliphatic carbocycles. The first-order chi connectivity index (χ1) is 16.6. The summed E-state index contributed by atoms with van der Waals surface area (Å²) in [4.78, 5) is 30.4. The van der Waals surface area contributed by atoms with Gasteiger partial charge in [-0.3, -0.25) is 13.9 Å². The fourth-order valence-electron chi connectivity index (χ4n) is 3.83. The SMILES string of the molecule is Cn1c(=O)n(CCO)c(=O)c2c1nc(Cc1cccc(OC(F)(F)F)c1)n2Cc1ccc(Cl)cc1. The molecular formula is C23H20ClF3N4O4. The van der Waals surface area contributed by atoms with Gasteiger partial charge in [-0.25, -0.2) is 9.78 Å². The third-order valence-corrected chi connectivity index (χ3v) is 5.64. The average Bonchev–Trinajstić information content (AvgIpc) is 3.14. The van der Waals surface area contributed by atoms with E-state index in [0.717, 1.165) is 10.1 Å². The summed E-state index contributed by atoms with van der Waals surface area (Å²) in [7, 11) is 1.46. The Balaban J connectivity index is 1.88. The maximum Gasteiger partial charge on any atom is 0.573 e. The van der Waals surface area contributed by atoms with Crippen LogP contribution in [0.4, 0.5) is 13.2 Å². The van der Waals surface area contributed by atoms with Gasteiger partial charge in [0.15, 0.2) is 11.2 Å². The minimum atomic E-state index is -4.84. The van der Waals surface area contributed by atoms with Crippen LogP contribution in [0.15, 0.2) is 58.1 Å². The van der Waals surface area contributed by atoms with Gasteiger partial charge in [-0.05, 0) is 35.4 Å². The Labute approximate surface area is 201 Å². The van der Waals surface area contributed by atoms with Gasteiger partial charge in [0, 0.05) is 25.0 Å². The molecule has 0 bridgehead atoms. The fraction of sp³-hybridized carbons (Fsp3) is 0.261. The smallest absolute Gasteiger partial charge is 0.406 e. The molecule has 0 radical (unpaired) electrons. The highest BCUT2D eigenvalue weighted by molar-refractivity contribution is 6.30. The molecule has 35 heavy (non-hydrogen) atoms. The summed E-state index contributed by atoms with van der Waals surface area (Å²) in [5.41, 5.74) is 0.235. The monoisotopic (exact) mass is 508 g/mol. The Bertz CT molecular complexity index is 1490. The lowest BCUT2D eigenvalue weighted by molar-refractivity contribution is -0.274. The van der Waals surface area contributed by atoms with Gasteiger partial charge in [-0.15, -0.1) is 13.2 Å². The highest BCUT2D eigenvalue weighted by Crippen LogP contribution is 2.25. The summed E-state index contributed by atoms with van der Waals surface area (Å²) < 4.78 is 45.8. The lowest BCUT2D eigenvalue weighted by Crippen LogP contribution is -2.40. The molecule has 0 aliphatic rings. The number of nitrogens with zero attached hydrogens (tertiary/aromatic N) is 4. The average molecular weight is 509 g/mol. The summed E-state index contributed by atoms with van der Waals surface area (Å²) in [5, 5.41) is 9.86. The molecule has 0 aliphatic heterocycles. The van der Waals surface area contributed by atoms with Crippen molar-refractivity contribution in [2.24, 2.45) is 7.05 Å². The number of ether oxygens (including phenoxy) is 1. The summed E-state index contributed by atoms with van der Waals surface area (Å²) in [5.74, 6) is -0.0268. The lowest BCUT2D eigenvalue weighted by atomic mass is 10.1. The largest absolute Gasteiger partial charge is 0.573 e. The van der Waals surface area contributed by atoms with Crippen molar-refractivity contribution in [3.8, 4) is 5.75 Å². The van der Waals surface area contributed by atoms with E-state index in [1.165, 1.54) is 29.8 Å². The van der Waals surface area contributed by atoms with E-state index in [1.807, 2.05) is 0 Å². The zero-order valence-corrected chi connectivity index (χ0v) is 19.2. The van der Waals surface area contributed by atoms with Crippen molar-refractivity contribution in [3.63, 3.8) is 0 Å². The number of aromatic nitrogens is 4. The molecule has 1 N–H and O–H groups in total. The molecule has 0 unspecified atom stereocenters. The molecule has 4 aromatic rings. The van der Waals surface area contributed by atoms with Crippen LogP contribution in [0.2, 0.25) is 5.02 Å². The lowest BCUT2D eigenvalue weighted by Gasteiger charge is -2.12. The molecule has 184 valence electrons. The number of hydrogen-bond donors (Lipinski definition) is 1. The van der Waals surface area contributed by atoms with Crippen LogP contribution in [0.25, 0.3) is 11.2 Å². The van der Waals surface area contributed by atoms with Crippen molar-refractivity contribution in [2.75, 3.05) is 6.61 Å². The van der Waals surface area contributed by atoms with E-state index >= 15 is 0 Å². The summed E-state index contributed by atoms with van der Waals surface area (Å²) >= 11 is 5.98. The van der Waals surface area contributed by atoms with Crippen molar-refractivity contribution in [3.05, 3.63) is 91.3 Å². The molecular weight excluding hydrogens is 489 g/mol. The zero-order valence-electron chi connectivity index (χ0n) is 18.4. The second-order valence-electron chi connectivity index (χ2n) is 7.81. The first-order valence-corrected chi connectivity index (χ1v) is 10.8. The van der Waals surface area contributed by atoms with Gasteiger partial charge in [0.05, 0.1) is 13.2 Å². The number of imidazole rings is 1. The van der Waals surface area contributed by atoms with E-state index < -0.39 is 24.2 Å². The molecule has 2 aromatic heterocycles. The van der Waals surface area contributed by atoms with Gasteiger partial charge < -0.3 is 14.4 Å². The quantitative estimate of drug-likeness (QED) is 0.414. The number of aliphatic hydroxyl groups is 1. The van der Waals surface area contributed by atoms with E-state index in [1.54, 1.807) is 34.9 Å². The standard InChI is InChI=1S/C23H20ClF3N4O4/c1-29-20-19(21(33)30(9-10-32)22(29)34)31(13-14-5-7-16(24)8-6-14)18(28-20)12-15-3-2-4-17(11-15)35-23(25,26)27/h2-8,11,32H,9-10,12-13H2,1H3. The van der Waals surface area contributed by atoms with Crippen molar-refractivity contribution >= 4 is 22.8 Å². The number of rotatable bonds is 7. The molecule has 2 heterocycles. The molecule has 0 amide bonds. The highest BCUT2D eigenvalue weighted by atomic mass is 35.5. The van der Waals surface area contributed by atoms with Crippen molar-refractivity contribution in [1.29, 1.82) is 0 Å². The van der Waals surface area contributed by atoms with Gasteiger partial charge in [-0.1, -0.05) is 35.9 Å². The van der Waals surface area contributed by atoms with Crippen LogP contribution in [0.3, 0.4) is 0 Å². The Morgan fingerprint density at radius 1 is 1.06 bits per heavy atom. The van der Waals surface area contributed by atoms with E-state index in [9.17, 15) is 27.9 Å². The van der Waals surface area contributed by atoms with Crippen LogP contribution < -0.4 is 16.0 Å². The van der Waals surface area contributed by atoms with Gasteiger partial charge in [-0.2, -0.15) is 0 Å². The predicted molar refractivity (Wildman–Crippen MR) is 123 cm³/mol. The molecule has 0 spiro atoms. The third-order valence-electron chi connectivity index (χ3n) is 5.38. The number of aliphatic hydroxyl groups excluding tert-OH is 1. The van der Waals surface area contributed by atoms with Crippen molar-refractivity contribution in [2.45, 2.75) is 25.9 Å². The van der Waals surface area contributed by atoms with Crippen LogP contribution in [-0.4, -0.2) is 36.8 Å². The number of alkyl halides is 3. The Morgan fingerprint density at radius 3 is 2.43 bits per heavy atom. The van der Waals surface area contributed by atoms with Crippen molar-refractivity contribution in [1.82, 2.24) is 18.7 Å². The second-order valence-corrected chi connectivity index (χ2v) is 8.24. The van der Waals surface area contributed by atoms with Gasteiger partial charge >= 0.3 is 12.1 Å². The zero-order chi connectivity index (χ0) is 25.3. The van der Waals surface area contributed by atoms with Crippen LogP contribution >= 0.6 is 11.6 Å². The maximum atomic E-state index is 13.2. The molecule has 0 atom stereocenters. The molecule has 0 fully saturated rings. The van der Waals surface area contributed by atoms with E-state index in [2.05, 4.69) is 9.72 Å². The summed E-state index contributed by atoms with van der Waals surface area (Å²) in [6, 6.07) is 12.4. The van der Waals surface area contributed by atoms with E-state index in [4.69, 9.17) is 11.6 Å². The van der Waals surface area contributed by atoms with Crippen LogP contribution in [0.5, 0.6) is 5.75 Å². The Hall–Kier alpha value is -3.57. The second kappa shape index (κ2) is 9.59. The minimum Gasteiger partial charge on any atom is -0.406 e. The summed E-state index contributed by atoms with van der Waals surface area (Å²) in [6.07, 6.45) is -4.78. The topological polar surface area (TPSA) is 91.3 Å². The number of benzene rings is 2. The Morgan fingerprint density at radius 2 is 1.77 bits per heavy atom. The first kappa shape index (κ1) is 24.6. The number of hydrogen-bond acceptors (Lipinski definition) is 5. The van der Waals surface area contributed by atoms with Crippen LogP contribution in [0.1, 0.15) is 17.0 Å². The fourth-order valence-corrected chi connectivity index (χ4v) is 3.95. The number of halogens is 4. The van der Waals surface area contributed by atoms with Crippen molar-refractivity contribution < 1.29 is 23.0 Å². The highest BCUT2D eigenvalue weighted by Gasteiger charge is 2.31. The van der Waals surface area contributed by atoms with Gasteiger partial charge in [0.2, 0.25) is 0 Å². The third kappa shape index (κ3) is 5.25. The minimum absolute atomic E-state index is 0.0605. The molecule has 4 rings (SSSR count). The molecule has 0 saturated heterocycles. The molecule has 8 nitrogen and oxygen atoms in total. The van der Waals surface area contributed by atoms with E-state index in [0.29, 0.717) is 16.4 Å². The Kier molecular flexibility index (Phi) is 6.73.